The molecular weight excluding hydrogens is 232 g/mol. The molecule has 1 fully saturated rings. The Kier molecular flexibility index (Phi) is 4.38. The summed E-state index contributed by atoms with van der Waals surface area (Å²) in [7, 11) is 0. The Labute approximate surface area is 118 Å². The zero-order valence-electron chi connectivity index (χ0n) is 12.9. The number of piperidine rings is 1. The number of hydrogen-bond donors (Lipinski definition) is 1. The molecule has 1 heterocycles. The molecule has 0 radical (unpaired) electrons. The van der Waals surface area contributed by atoms with Crippen LogP contribution in [0.15, 0.2) is 24.3 Å². The average molecular weight is 260 g/mol. The van der Waals surface area contributed by atoms with Crippen LogP contribution in [-0.2, 0) is 0 Å². The third-order valence-electron chi connectivity index (χ3n) is 3.71. The van der Waals surface area contributed by atoms with Crippen LogP contribution in [0.5, 0.6) is 0 Å². The van der Waals surface area contributed by atoms with Crippen LogP contribution in [0, 0.1) is 11.3 Å². The zero-order chi connectivity index (χ0) is 13.9. The maximum Gasteiger partial charge on any atom is 0.0367 e. The summed E-state index contributed by atoms with van der Waals surface area (Å²) in [5, 5.41) is 3.50. The molecule has 1 unspecified atom stereocenters. The van der Waals surface area contributed by atoms with Gasteiger partial charge in [-0.3, -0.25) is 0 Å². The molecule has 0 aliphatic carbocycles. The van der Waals surface area contributed by atoms with E-state index in [-0.39, 0.29) is 0 Å². The number of benzene rings is 1. The molecule has 0 spiro atoms. The Bertz CT molecular complexity index is 389. The monoisotopic (exact) mass is 260 g/mol. The van der Waals surface area contributed by atoms with E-state index >= 15 is 0 Å². The Morgan fingerprint density at radius 2 is 1.89 bits per heavy atom. The van der Waals surface area contributed by atoms with Crippen molar-refractivity contribution in [1.29, 1.82) is 0 Å². The number of rotatable bonds is 3. The summed E-state index contributed by atoms with van der Waals surface area (Å²) in [6, 6.07) is 8.92. The van der Waals surface area contributed by atoms with Gasteiger partial charge in [0.15, 0.2) is 0 Å². The molecule has 1 atom stereocenters. The van der Waals surface area contributed by atoms with Gasteiger partial charge in [-0.1, -0.05) is 27.7 Å². The highest BCUT2D eigenvalue weighted by atomic mass is 15.1. The molecule has 1 aromatic carbocycles. The van der Waals surface area contributed by atoms with Gasteiger partial charge in [0.25, 0.3) is 0 Å². The minimum Gasteiger partial charge on any atom is -0.385 e. The highest BCUT2D eigenvalue weighted by Gasteiger charge is 2.16. The maximum absolute atomic E-state index is 3.50. The van der Waals surface area contributed by atoms with Crippen molar-refractivity contribution in [3.63, 3.8) is 0 Å². The second-order valence-corrected chi connectivity index (χ2v) is 7.15. The van der Waals surface area contributed by atoms with Crippen molar-refractivity contribution >= 4 is 11.4 Å². The molecule has 1 N–H and O–H groups in total. The van der Waals surface area contributed by atoms with Gasteiger partial charge in [0.05, 0.1) is 0 Å². The number of nitrogens with zero attached hydrogens (tertiary/aromatic N) is 1. The van der Waals surface area contributed by atoms with Crippen LogP contribution in [0.4, 0.5) is 11.4 Å². The Balaban J connectivity index is 1.94. The zero-order valence-corrected chi connectivity index (χ0v) is 12.9. The molecule has 1 aromatic rings. The summed E-state index contributed by atoms with van der Waals surface area (Å²) < 4.78 is 0. The van der Waals surface area contributed by atoms with Crippen molar-refractivity contribution in [2.45, 2.75) is 40.5 Å². The third-order valence-corrected chi connectivity index (χ3v) is 3.71. The molecule has 19 heavy (non-hydrogen) atoms. The molecule has 1 saturated heterocycles. The lowest BCUT2D eigenvalue weighted by atomic mass is 9.97. The predicted molar refractivity (Wildman–Crippen MR) is 85.0 cm³/mol. The second kappa shape index (κ2) is 5.85. The first-order chi connectivity index (χ1) is 8.94. The first-order valence-electron chi connectivity index (χ1n) is 7.53. The lowest BCUT2D eigenvalue weighted by Crippen LogP contribution is -2.34. The van der Waals surface area contributed by atoms with Crippen molar-refractivity contribution in [3.05, 3.63) is 24.3 Å². The van der Waals surface area contributed by atoms with E-state index in [1.807, 2.05) is 0 Å². The van der Waals surface area contributed by atoms with E-state index in [4.69, 9.17) is 0 Å². The van der Waals surface area contributed by atoms with Crippen LogP contribution in [0.25, 0.3) is 0 Å². The summed E-state index contributed by atoms with van der Waals surface area (Å²) in [6.45, 7) is 12.5. The van der Waals surface area contributed by atoms with Gasteiger partial charge in [-0.2, -0.15) is 0 Å². The van der Waals surface area contributed by atoms with Gasteiger partial charge in [0.2, 0.25) is 0 Å². The van der Waals surface area contributed by atoms with Crippen LogP contribution in [-0.4, -0.2) is 19.6 Å². The minimum absolute atomic E-state index is 0.320. The highest BCUT2D eigenvalue weighted by Crippen LogP contribution is 2.24. The first-order valence-corrected chi connectivity index (χ1v) is 7.53. The first kappa shape index (κ1) is 14.2. The summed E-state index contributed by atoms with van der Waals surface area (Å²) in [5.41, 5.74) is 2.91. The van der Waals surface area contributed by atoms with Crippen molar-refractivity contribution in [3.8, 4) is 0 Å². The molecule has 0 amide bonds. The molecule has 2 heteroatoms. The molecule has 0 aromatic heterocycles. The number of hydrogen-bond acceptors (Lipinski definition) is 2. The van der Waals surface area contributed by atoms with E-state index < -0.39 is 0 Å². The molecule has 0 saturated carbocycles. The third kappa shape index (κ3) is 4.45. The van der Waals surface area contributed by atoms with Crippen molar-refractivity contribution in [2.75, 3.05) is 29.9 Å². The van der Waals surface area contributed by atoms with Gasteiger partial charge in [0.1, 0.15) is 0 Å². The number of anilines is 2. The molecule has 1 aliphatic heterocycles. The minimum atomic E-state index is 0.320. The van der Waals surface area contributed by atoms with Crippen molar-refractivity contribution in [1.82, 2.24) is 0 Å². The van der Waals surface area contributed by atoms with E-state index in [0.29, 0.717) is 5.41 Å². The Hall–Kier alpha value is -1.18. The topological polar surface area (TPSA) is 15.3 Å². The Morgan fingerprint density at radius 1 is 1.21 bits per heavy atom. The summed E-state index contributed by atoms with van der Waals surface area (Å²) in [6.07, 6.45) is 2.70. The molecule has 2 nitrogen and oxygen atoms in total. The van der Waals surface area contributed by atoms with Gasteiger partial charge in [-0.05, 0) is 48.4 Å². The van der Waals surface area contributed by atoms with Gasteiger partial charge < -0.3 is 10.2 Å². The van der Waals surface area contributed by atoms with E-state index in [0.717, 1.165) is 12.5 Å². The molecule has 2 rings (SSSR count). The lowest BCUT2D eigenvalue weighted by Gasteiger charge is -2.33. The van der Waals surface area contributed by atoms with Crippen LogP contribution < -0.4 is 10.2 Å². The largest absolute Gasteiger partial charge is 0.385 e. The van der Waals surface area contributed by atoms with Crippen LogP contribution >= 0.6 is 0 Å². The highest BCUT2D eigenvalue weighted by molar-refractivity contribution is 5.55. The van der Waals surface area contributed by atoms with Crippen LogP contribution in [0.1, 0.15) is 40.5 Å². The van der Waals surface area contributed by atoms with E-state index in [1.54, 1.807) is 0 Å². The summed E-state index contributed by atoms with van der Waals surface area (Å²) >= 11 is 0. The SMILES string of the molecule is CC1CCCN(c2ccc(NCC(C)(C)C)cc2)C1. The van der Waals surface area contributed by atoms with Gasteiger partial charge in [0, 0.05) is 31.0 Å². The standard InChI is InChI=1S/C17H28N2/c1-14-6-5-11-19(12-14)16-9-7-15(8-10-16)18-13-17(2,3)4/h7-10,14,18H,5-6,11-13H2,1-4H3. The molecule has 106 valence electrons. The predicted octanol–water partition coefficient (Wildman–Crippen LogP) is 4.38. The van der Waals surface area contributed by atoms with Crippen LogP contribution in [0.2, 0.25) is 0 Å². The normalized spacial score (nSPS) is 20.4. The summed E-state index contributed by atoms with van der Waals surface area (Å²) in [5.74, 6) is 0.826. The van der Waals surface area contributed by atoms with Gasteiger partial charge in [-0.25, -0.2) is 0 Å². The number of nitrogens with one attached hydrogen (secondary N) is 1. The Morgan fingerprint density at radius 3 is 2.47 bits per heavy atom. The molecule has 0 bridgehead atoms. The molecule has 1 aliphatic rings. The van der Waals surface area contributed by atoms with Crippen molar-refractivity contribution < 1.29 is 0 Å². The lowest BCUT2D eigenvalue weighted by molar-refractivity contribution is 0.443. The van der Waals surface area contributed by atoms with Gasteiger partial charge in [-0.15, -0.1) is 0 Å². The fourth-order valence-corrected chi connectivity index (χ4v) is 2.58. The van der Waals surface area contributed by atoms with Gasteiger partial charge >= 0.3 is 0 Å². The maximum atomic E-state index is 3.50. The average Bonchev–Trinajstić information content (AvgIpc) is 2.36. The smallest absolute Gasteiger partial charge is 0.0367 e. The fraction of sp³-hybridized carbons (Fsp3) is 0.647. The van der Waals surface area contributed by atoms with Crippen molar-refractivity contribution in [2.24, 2.45) is 11.3 Å². The van der Waals surface area contributed by atoms with E-state index in [1.165, 1.54) is 37.3 Å². The fourth-order valence-electron chi connectivity index (χ4n) is 2.58. The molecular formula is C17H28N2. The van der Waals surface area contributed by atoms with Crippen LogP contribution in [0.3, 0.4) is 0 Å². The summed E-state index contributed by atoms with van der Waals surface area (Å²) in [4.78, 5) is 2.52. The van der Waals surface area contributed by atoms with E-state index in [2.05, 4.69) is 62.2 Å². The quantitative estimate of drug-likeness (QED) is 0.867. The second-order valence-electron chi connectivity index (χ2n) is 7.15. The van der Waals surface area contributed by atoms with E-state index in [9.17, 15) is 0 Å².